The molecule has 0 bridgehead atoms. The van der Waals surface area contributed by atoms with Crippen molar-refractivity contribution in [1.29, 1.82) is 5.26 Å². The van der Waals surface area contributed by atoms with Crippen LogP contribution in [0.3, 0.4) is 0 Å². The maximum Gasteiger partial charge on any atom is 0.323 e. The summed E-state index contributed by atoms with van der Waals surface area (Å²) < 4.78 is 4.84. The van der Waals surface area contributed by atoms with Gasteiger partial charge < -0.3 is 10.1 Å². The summed E-state index contributed by atoms with van der Waals surface area (Å²) in [5.41, 5.74) is 0.640. The smallest absolute Gasteiger partial charge is 0.323 e. The number of rotatable bonds is 5. The van der Waals surface area contributed by atoms with Gasteiger partial charge in [0.25, 0.3) is 0 Å². The van der Waals surface area contributed by atoms with Crippen LogP contribution in [0.2, 0.25) is 0 Å². The molecule has 1 fully saturated rings. The molecule has 1 N–H and O–H groups in total. The Morgan fingerprint density at radius 2 is 2.00 bits per heavy atom. The molecule has 0 aromatic heterocycles. The molecule has 1 aromatic rings. The molecular weight excluding hydrogens is 264 g/mol. The zero-order valence-electron chi connectivity index (χ0n) is 12.8. The average molecular weight is 286 g/mol. The molecule has 0 spiro atoms. The van der Waals surface area contributed by atoms with Crippen LogP contribution in [0, 0.1) is 17.2 Å². The summed E-state index contributed by atoms with van der Waals surface area (Å²) in [5.74, 6) is -0.0783. The molecule has 4 heteroatoms. The summed E-state index contributed by atoms with van der Waals surface area (Å²) in [4.78, 5) is 11.8. The zero-order chi connectivity index (χ0) is 15.5. The van der Waals surface area contributed by atoms with E-state index in [0.29, 0.717) is 0 Å². The molecule has 1 saturated carbocycles. The first-order valence-electron chi connectivity index (χ1n) is 7.33. The highest BCUT2D eigenvalue weighted by Crippen LogP contribution is 2.43. The third-order valence-electron chi connectivity index (χ3n) is 4.27. The number of benzene rings is 1. The lowest BCUT2D eigenvalue weighted by Crippen LogP contribution is -2.56. The van der Waals surface area contributed by atoms with Crippen LogP contribution < -0.4 is 5.32 Å². The van der Waals surface area contributed by atoms with Crippen molar-refractivity contribution in [1.82, 2.24) is 5.32 Å². The molecule has 0 amide bonds. The third kappa shape index (κ3) is 3.08. The van der Waals surface area contributed by atoms with E-state index in [1.165, 1.54) is 7.11 Å². The second kappa shape index (κ2) is 6.28. The minimum Gasteiger partial charge on any atom is -0.468 e. The normalized spacial score (nSPS) is 25.8. The molecule has 0 heterocycles. The fourth-order valence-electron chi connectivity index (χ4n) is 2.96. The summed E-state index contributed by atoms with van der Waals surface area (Å²) in [6.45, 7) is 3.98. The number of nitriles is 1. The molecule has 1 aliphatic rings. The van der Waals surface area contributed by atoms with Crippen molar-refractivity contribution in [3.8, 4) is 6.07 Å². The van der Waals surface area contributed by atoms with E-state index in [9.17, 15) is 10.1 Å². The molecule has 1 aliphatic carbocycles. The maximum atomic E-state index is 11.8. The van der Waals surface area contributed by atoms with Crippen LogP contribution in [-0.2, 0) is 14.9 Å². The summed E-state index contributed by atoms with van der Waals surface area (Å²) in [6.07, 6.45) is 1.46. The average Bonchev–Trinajstić information content (AvgIpc) is 2.46. The van der Waals surface area contributed by atoms with E-state index < -0.39 is 5.41 Å². The van der Waals surface area contributed by atoms with E-state index in [1.54, 1.807) is 0 Å². The molecule has 4 nitrogen and oxygen atoms in total. The number of carbonyl (C=O) groups is 1. The van der Waals surface area contributed by atoms with Crippen molar-refractivity contribution < 1.29 is 9.53 Å². The third-order valence-corrected chi connectivity index (χ3v) is 4.27. The van der Waals surface area contributed by atoms with Gasteiger partial charge in [0.1, 0.15) is 6.04 Å². The van der Waals surface area contributed by atoms with Crippen LogP contribution >= 0.6 is 0 Å². The molecule has 112 valence electrons. The number of hydrogen-bond donors (Lipinski definition) is 1. The fraction of sp³-hybridized carbons (Fsp3) is 0.529. The van der Waals surface area contributed by atoms with Gasteiger partial charge in [-0.25, -0.2) is 0 Å². The monoisotopic (exact) mass is 286 g/mol. The van der Waals surface area contributed by atoms with Gasteiger partial charge in [0, 0.05) is 6.04 Å². The Labute approximate surface area is 126 Å². The first-order valence-corrected chi connectivity index (χ1v) is 7.33. The highest BCUT2D eigenvalue weighted by molar-refractivity contribution is 5.76. The number of nitrogens with zero attached hydrogens (tertiary/aromatic N) is 1. The van der Waals surface area contributed by atoms with E-state index in [4.69, 9.17) is 4.74 Å². The zero-order valence-corrected chi connectivity index (χ0v) is 12.8. The number of ether oxygens (including phenoxy) is 1. The van der Waals surface area contributed by atoms with E-state index in [1.807, 2.05) is 44.2 Å². The van der Waals surface area contributed by atoms with Gasteiger partial charge in [-0.2, -0.15) is 5.26 Å². The molecule has 0 radical (unpaired) electrons. The summed E-state index contributed by atoms with van der Waals surface area (Å²) in [5, 5.41) is 12.9. The lowest BCUT2D eigenvalue weighted by atomic mass is 9.62. The topological polar surface area (TPSA) is 62.1 Å². The number of esters is 1. The highest BCUT2D eigenvalue weighted by Gasteiger charge is 2.47. The van der Waals surface area contributed by atoms with E-state index in [0.717, 1.165) is 18.4 Å². The van der Waals surface area contributed by atoms with Gasteiger partial charge in [-0.3, -0.25) is 4.79 Å². The summed E-state index contributed by atoms with van der Waals surface area (Å²) >= 11 is 0. The minimum absolute atomic E-state index is 0.159. The first-order chi connectivity index (χ1) is 10.0. The molecule has 1 aromatic carbocycles. The highest BCUT2D eigenvalue weighted by atomic mass is 16.5. The van der Waals surface area contributed by atoms with Crippen molar-refractivity contribution in [3.05, 3.63) is 35.9 Å². The minimum atomic E-state index is -0.420. The Hall–Kier alpha value is -1.86. The molecule has 2 rings (SSSR count). The van der Waals surface area contributed by atoms with Gasteiger partial charge in [-0.1, -0.05) is 44.2 Å². The number of nitrogens with one attached hydrogen (secondary N) is 1. The lowest BCUT2D eigenvalue weighted by molar-refractivity contribution is -0.144. The SMILES string of the molecule is COC(=O)C(NC1CC(C#N)(c2ccccc2)C1)C(C)C. The van der Waals surface area contributed by atoms with Crippen LogP contribution in [0.15, 0.2) is 30.3 Å². The first kappa shape index (κ1) is 15.5. The van der Waals surface area contributed by atoms with Crippen LogP contribution in [-0.4, -0.2) is 25.2 Å². The van der Waals surface area contributed by atoms with E-state index in [-0.39, 0.29) is 24.0 Å². The molecule has 1 atom stereocenters. The quantitative estimate of drug-likeness (QED) is 0.844. The summed E-state index contributed by atoms with van der Waals surface area (Å²) in [7, 11) is 1.41. The van der Waals surface area contributed by atoms with E-state index >= 15 is 0 Å². The largest absolute Gasteiger partial charge is 0.468 e. The second-order valence-corrected chi connectivity index (χ2v) is 6.08. The number of methoxy groups -OCH3 is 1. The predicted octanol–water partition coefficient (Wildman–Crippen LogP) is 2.40. The van der Waals surface area contributed by atoms with Crippen LogP contribution in [0.5, 0.6) is 0 Å². The van der Waals surface area contributed by atoms with Crippen molar-refractivity contribution in [3.63, 3.8) is 0 Å². The van der Waals surface area contributed by atoms with Gasteiger partial charge in [-0.15, -0.1) is 0 Å². The molecule has 0 aliphatic heterocycles. The Kier molecular flexibility index (Phi) is 4.64. The molecule has 1 unspecified atom stereocenters. The van der Waals surface area contributed by atoms with Crippen molar-refractivity contribution in [2.45, 2.75) is 44.2 Å². The standard InChI is InChI=1S/C17H22N2O2/c1-12(2)15(16(20)21-3)19-14-9-17(10-14,11-18)13-7-5-4-6-8-13/h4-8,12,14-15,19H,9-10H2,1-3H3. The van der Waals surface area contributed by atoms with Gasteiger partial charge in [0.2, 0.25) is 0 Å². The van der Waals surface area contributed by atoms with Crippen molar-refractivity contribution in [2.24, 2.45) is 5.92 Å². The van der Waals surface area contributed by atoms with E-state index in [2.05, 4.69) is 11.4 Å². The molecule has 0 saturated heterocycles. The summed E-state index contributed by atoms with van der Waals surface area (Å²) in [6, 6.07) is 12.2. The Balaban J connectivity index is 2.02. The van der Waals surface area contributed by atoms with Gasteiger partial charge in [0.15, 0.2) is 0 Å². The number of hydrogen-bond acceptors (Lipinski definition) is 4. The predicted molar refractivity (Wildman–Crippen MR) is 80.5 cm³/mol. The second-order valence-electron chi connectivity index (χ2n) is 6.08. The van der Waals surface area contributed by atoms with Crippen LogP contribution in [0.4, 0.5) is 0 Å². The Bertz CT molecular complexity index is 527. The van der Waals surface area contributed by atoms with Crippen LogP contribution in [0.25, 0.3) is 0 Å². The van der Waals surface area contributed by atoms with Gasteiger partial charge >= 0.3 is 5.97 Å². The van der Waals surface area contributed by atoms with Gasteiger partial charge in [0.05, 0.1) is 18.6 Å². The Morgan fingerprint density at radius 3 is 2.48 bits per heavy atom. The van der Waals surface area contributed by atoms with Crippen molar-refractivity contribution in [2.75, 3.05) is 7.11 Å². The molecular formula is C17H22N2O2. The fourth-order valence-corrected chi connectivity index (χ4v) is 2.96. The maximum absolute atomic E-state index is 11.8. The number of carbonyl (C=O) groups excluding carboxylic acids is 1. The van der Waals surface area contributed by atoms with Crippen LogP contribution in [0.1, 0.15) is 32.3 Å². The Morgan fingerprint density at radius 1 is 1.38 bits per heavy atom. The van der Waals surface area contributed by atoms with Crippen molar-refractivity contribution >= 4 is 5.97 Å². The molecule has 21 heavy (non-hydrogen) atoms. The lowest BCUT2D eigenvalue weighted by Gasteiger charge is -2.45. The van der Waals surface area contributed by atoms with Gasteiger partial charge in [-0.05, 0) is 24.3 Å².